The normalized spacial score (nSPS) is 21.0. The smallest absolute Gasteiger partial charge is 0.306 e. The SMILES string of the molecule is N.O=C(O)C1CCNCC1.O=C(O)C1CCNCC1.O=C(O)C1CCNCC1. The van der Waals surface area contributed by atoms with E-state index in [0.29, 0.717) is 0 Å². The Kier molecular flexibility index (Phi) is 14.3. The van der Waals surface area contributed by atoms with Crippen LogP contribution in [0, 0.1) is 17.8 Å². The lowest BCUT2D eigenvalue weighted by atomic mass is 9.99. The second-order valence-corrected chi connectivity index (χ2v) is 7.09. The fourth-order valence-electron chi connectivity index (χ4n) is 3.21. The molecule has 28 heavy (non-hydrogen) atoms. The number of carboxylic acids is 3. The summed E-state index contributed by atoms with van der Waals surface area (Å²) in [5, 5.41) is 34.9. The van der Waals surface area contributed by atoms with E-state index in [4.69, 9.17) is 15.3 Å². The molecule has 3 heterocycles. The predicted octanol–water partition coefficient (Wildman–Crippen LogP) is 0.374. The molecule has 0 atom stereocenters. The Morgan fingerprint density at radius 3 is 0.786 bits per heavy atom. The van der Waals surface area contributed by atoms with Crippen LogP contribution in [0.25, 0.3) is 0 Å². The van der Waals surface area contributed by atoms with Crippen molar-refractivity contribution in [1.82, 2.24) is 22.1 Å². The molecule has 0 bridgehead atoms. The van der Waals surface area contributed by atoms with E-state index < -0.39 is 17.9 Å². The van der Waals surface area contributed by atoms with Crippen LogP contribution in [0.4, 0.5) is 0 Å². The zero-order valence-electron chi connectivity index (χ0n) is 16.5. The molecule has 164 valence electrons. The average Bonchev–Trinajstić information content (AvgIpc) is 2.71. The molecule has 0 radical (unpaired) electrons. The van der Waals surface area contributed by atoms with E-state index in [1.54, 1.807) is 0 Å². The van der Waals surface area contributed by atoms with Crippen LogP contribution in [0.3, 0.4) is 0 Å². The topological polar surface area (TPSA) is 183 Å². The molecule has 10 heteroatoms. The number of aliphatic carboxylic acids is 3. The molecule has 3 aliphatic rings. The van der Waals surface area contributed by atoms with Crippen LogP contribution in [0.1, 0.15) is 38.5 Å². The third kappa shape index (κ3) is 11.2. The van der Waals surface area contributed by atoms with Gasteiger partial charge in [-0.2, -0.15) is 0 Å². The second-order valence-electron chi connectivity index (χ2n) is 7.09. The summed E-state index contributed by atoms with van der Waals surface area (Å²) in [7, 11) is 0. The zero-order chi connectivity index (χ0) is 20.1. The summed E-state index contributed by atoms with van der Waals surface area (Å²) in [6, 6.07) is 0. The van der Waals surface area contributed by atoms with E-state index in [9.17, 15) is 14.4 Å². The van der Waals surface area contributed by atoms with Crippen LogP contribution >= 0.6 is 0 Å². The van der Waals surface area contributed by atoms with E-state index in [1.165, 1.54) is 0 Å². The molecule has 0 spiro atoms. The highest BCUT2D eigenvalue weighted by molar-refractivity contribution is 5.70. The second kappa shape index (κ2) is 15.2. The van der Waals surface area contributed by atoms with Crippen molar-refractivity contribution in [2.75, 3.05) is 39.3 Å². The maximum absolute atomic E-state index is 10.3. The monoisotopic (exact) mass is 404 g/mol. The van der Waals surface area contributed by atoms with Gasteiger partial charge in [0.15, 0.2) is 0 Å². The Labute approximate surface area is 166 Å². The van der Waals surface area contributed by atoms with Gasteiger partial charge in [0.25, 0.3) is 0 Å². The van der Waals surface area contributed by atoms with Crippen LogP contribution in [0.15, 0.2) is 0 Å². The van der Waals surface area contributed by atoms with E-state index in [-0.39, 0.29) is 23.9 Å². The van der Waals surface area contributed by atoms with Crippen molar-refractivity contribution in [3.05, 3.63) is 0 Å². The number of rotatable bonds is 3. The van der Waals surface area contributed by atoms with Crippen molar-refractivity contribution in [3.63, 3.8) is 0 Å². The molecular weight excluding hydrogens is 368 g/mol. The fourth-order valence-corrected chi connectivity index (χ4v) is 3.21. The summed E-state index contributed by atoms with van der Waals surface area (Å²) in [6.45, 7) is 5.15. The summed E-state index contributed by atoms with van der Waals surface area (Å²) >= 11 is 0. The molecule has 9 N–H and O–H groups in total. The third-order valence-corrected chi connectivity index (χ3v) is 5.07. The van der Waals surface area contributed by atoms with Gasteiger partial charge in [0.2, 0.25) is 0 Å². The molecule has 0 saturated carbocycles. The molecule has 10 nitrogen and oxygen atoms in total. The molecule has 0 unspecified atom stereocenters. The highest BCUT2D eigenvalue weighted by atomic mass is 16.4. The Morgan fingerprint density at radius 2 is 0.679 bits per heavy atom. The summed E-state index contributed by atoms with van der Waals surface area (Å²) in [6.07, 6.45) is 4.72. The van der Waals surface area contributed by atoms with Crippen LogP contribution in [-0.2, 0) is 14.4 Å². The quantitative estimate of drug-likeness (QED) is 0.347. The van der Waals surface area contributed by atoms with Crippen molar-refractivity contribution in [3.8, 4) is 0 Å². The van der Waals surface area contributed by atoms with Crippen molar-refractivity contribution in [1.29, 1.82) is 0 Å². The van der Waals surface area contributed by atoms with Gasteiger partial charge >= 0.3 is 17.9 Å². The molecule has 0 aromatic rings. The van der Waals surface area contributed by atoms with Crippen molar-refractivity contribution in [2.24, 2.45) is 17.8 Å². The van der Waals surface area contributed by atoms with Crippen molar-refractivity contribution < 1.29 is 29.7 Å². The standard InChI is InChI=1S/3C6H11NO2.H3N/c3*8-6(9)5-1-3-7-4-2-5;/h3*5,7H,1-4H2,(H,8,9);1H3. The minimum atomic E-state index is -0.642. The number of nitrogens with one attached hydrogen (secondary N) is 3. The molecule has 3 aliphatic heterocycles. The van der Waals surface area contributed by atoms with Crippen LogP contribution in [0.5, 0.6) is 0 Å². The van der Waals surface area contributed by atoms with Crippen LogP contribution in [-0.4, -0.2) is 72.5 Å². The fraction of sp³-hybridized carbons (Fsp3) is 0.833. The van der Waals surface area contributed by atoms with E-state index >= 15 is 0 Å². The van der Waals surface area contributed by atoms with Gasteiger partial charge in [-0.25, -0.2) is 0 Å². The van der Waals surface area contributed by atoms with E-state index in [0.717, 1.165) is 77.8 Å². The highest BCUT2D eigenvalue weighted by Crippen LogP contribution is 2.11. The van der Waals surface area contributed by atoms with E-state index in [2.05, 4.69) is 16.0 Å². The maximum atomic E-state index is 10.3. The van der Waals surface area contributed by atoms with Gasteiger partial charge in [0.1, 0.15) is 0 Å². The highest BCUT2D eigenvalue weighted by Gasteiger charge is 2.20. The minimum absolute atomic E-state index is 0. The van der Waals surface area contributed by atoms with Gasteiger partial charge in [-0.15, -0.1) is 0 Å². The third-order valence-electron chi connectivity index (χ3n) is 5.07. The molecule has 3 fully saturated rings. The lowest BCUT2D eigenvalue weighted by molar-refractivity contribution is -0.143. The number of piperidine rings is 3. The molecule has 3 rings (SSSR count). The van der Waals surface area contributed by atoms with Gasteiger partial charge < -0.3 is 37.4 Å². The molecule has 0 aromatic heterocycles. The minimum Gasteiger partial charge on any atom is -0.481 e. The summed E-state index contributed by atoms with van der Waals surface area (Å²) in [5.74, 6) is -2.20. The summed E-state index contributed by atoms with van der Waals surface area (Å²) < 4.78 is 0. The van der Waals surface area contributed by atoms with Gasteiger partial charge in [-0.05, 0) is 77.8 Å². The Bertz CT molecular complexity index is 392. The number of hydrogen-bond acceptors (Lipinski definition) is 7. The largest absolute Gasteiger partial charge is 0.481 e. The van der Waals surface area contributed by atoms with Gasteiger partial charge in [-0.3, -0.25) is 14.4 Å². The maximum Gasteiger partial charge on any atom is 0.306 e. The van der Waals surface area contributed by atoms with Gasteiger partial charge in [-0.1, -0.05) is 0 Å². The predicted molar refractivity (Wildman–Crippen MR) is 105 cm³/mol. The Morgan fingerprint density at radius 1 is 0.500 bits per heavy atom. The van der Waals surface area contributed by atoms with Crippen LogP contribution < -0.4 is 22.1 Å². The molecule has 0 amide bonds. The number of hydrogen-bond donors (Lipinski definition) is 7. The molecule has 0 aliphatic carbocycles. The van der Waals surface area contributed by atoms with E-state index in [1.807, 2.05) is 0 Å². The first kappa shape index (κ1) is 26.2. The Balaban J connectivity index is 0.000000384. The number of carboxylic acid groups (broad SMARTS) is 3. The first-order valence-corrected chi connectivity index (χ1v) is 9.72. The van der Waals surface area contributed by atoms with Crippen LogP contribution in [0.2, 0.25) is 0 Å². The summed E-state index contributed by atoms with van der Waals surface area (Å²) in [4.78, 5) is 31.0. The summed E-state index contributed by atoms with van der Waals surface area (Å²) in [5.41, 5.74) is 0. The zero-order valence-corrected chi connectivity index (χ0v) is 16.5. The van der Waals surface area contributed by atoms with Crippen molar-refractivity contribution in [2.45, 2.75) is 38.5 Å². The van der Waals surface area contributed by atoms with Gasteiger partial charge in [0, 0.05) is 0 Å². The van der Waals surface area contributed by atoms with Gasteiger partial charge in [0.05, 0.1) is 17.8 Å². The Hall–Kier alpha value is -1.75. The first-order valence-electron chi connectivity index (χ1n) is 9.72. The molecule has 0 aromatic carbocycles. The number of carbonyl (C=O) groups is 3. The first-order chi connectivity index (χ1) is 12.9. The lowest BCUT2D eigenvalue weighted by Gasteiger charge is -2.17. The molecular formula is C18H36N4O6. The average molecular weight is 405 g/mol. The van der Waals surface area contributed by atoms with Crippen molar-refractivity contribution >= 4 is 17.9 Å². The lowest BCUT2D eigenvalue weighted by Crippen LogP contribution is -2.31. The molecule has 3 saturated heterocycles.